The summed E-state index contributed by atoms with van der Waals surface area (Å²) >= 11 is 0. The minimum Gasteiger partial charge on any atom is -0.378 e. The summed E-state index contributed by atoms with van der Waals surface area (Å²) < 4.78 is 0. The van der Waals surface area contributed by atoms with Crippen molar-refractivity contribution in [2.24, 2.45) is 4.99 Å². The van der Waals surface area contributed by atoms with Crippen molar-refractivity contribution in [3.63, 3.8) is 0 Å². The molecule has 2 N–H and O–H groups in total. The van der Waals surface area contributed by atoms with Gasteiger partial charge in [0.2, 0.25) is 5.96 Å². The fourth-order valence-corrected chi connectivity index (χ4v) is 2.51. The number of carbonyl (C=O) groups is 1. The van der Waals surface area contributed by atoms with Crippen LogP contribution in [-0.4, -0.2) is 57.0 Å². The number of amides is 1. The maximum absolute atomic E-state index is 12.1. The first-order valence-electron chi connectivity index (χ1n) is 7.48. The molecule has 2 heterocycles. The van der Waals surface area contributed by atoms with Crippen molar-refractivity contribution < 1.29 is 4.79 Å². The fourth-order valence-electron chi connectivity index (χ4n) is 2.51. The molecule has 1 aromatic carbocycles. The Kier molecular flexibility index (Phi) is 4.11. The minimum absolute atomic E-state index is 0.134. The lowest BCUT2D eigenvalue weighted by atomic mass is 10.1. The standard InChI is InChI=1S/C16H21N5O/c1-20(2)13-5-3-12(4-6-13)11-14-15(22)19-16(18-14)21-9-7-17-8-10-21/h3-6,11,17H,7-10H2,1-2H3,(H,18,19,22)/b14-11-. The van der Waals surface area contributed by atoms with E-state index in [2.05, 4.69) is 20.5 Å². The Morgan fingerprint density at radius 2 is 1.86 bits per heavy atom. The number of aliphatic imine (C=N–C) groups is 1. The van der Waals surface area contributed by atoms with Crippen molar-refractivity contribution in [3.8, 4) is 0 Å². The van der Waals surface area contributed by atoms with Gasteiger partial charge in [-0.3, -0.25) is 10.1 Å². The van der Waals surface area contributed by atoms with Crippen LogP contribution in [0.2, 0.25) is 0 Å². The maximum atomic E-state index is 12.1. The number of rotatable bonds is 2. The van der Waals surface area contributed by atoms with Crippen LogP contribution in [0.4, 0.5) is 5.69 Å². The molecule has 2 aliphatic heterocycles. The van der Waals surface area contributed by atoms with Crippen molar-refractivity contribution in [1.82, 2.24) is 15.5 Å². The van der Waals surface area contributed by atoms with Gasteiger partial charge in [0.05, 0.1) is 0 Å². The maximum Gasteiger partial charge on any atom is 0.276 e. The molecular weight excluding hydrogens is 278 g/mol. The Hall–Kier alpha value is -2.34. The van der Waals surface area contributed by atoms with Gasteiger partial charge in [-0.1, -0.05) is 12.1 Å². The van der Waals surface area contributed by atoms with Crippen LogP contribution in [-0.2, 0) is 4.79 Å². The molecule has 22 heavy (non-hydrogen) atoms. The van der Waals surface area contributed by atoms with E-state index in [4.69, 9.17) is 0 Å². The van der Waals surface area contributed by atoms with Gasteiger partial charge in [0.1, 0.15) is 5.70 Å². The van der Waals surface area contributed by atoms with Gasteiger partial charge < -0.3 is 15.1 Å². The molecule has 0 spiro atoms. The van der Waals surface area contributed by atoms with Crippen LogP contribution < -0.4 is 15.5 Å². The Bertz CT molecular complexity index is 612. The third kappa shape index (κ3) is 3.12. The third-order valence-electron chi connectivity index (χ3n) is 3.81. The van der Waals surface area contributed by atoms with Gasteiger partial charge in [0, 0.05) is 46.0 Å². The lowest BCUT2D eigenvalue weighted by Gasteiger charge is -2.28. The van der Waals surface area contributed by atoms with Crippen LogP contribution in [0, 0.1) is 0 Å². The highest BCUT2D eigenvalue weighted by atomic mass is 16.2. The van der Waals surface area contributed by atoms with Crippen molar-refractivity contribution in [2.45, 2.75) is 0 Å². The van der Waals surface area contributed by atoms with Gasteiger partial charge in [-0.2, -0.15) is 0 Å². The summed E-state index contributed by atoms with van der Waals surface area (Å²) in [5.41, 5.74) is 2.57. The zero-order valence-electron chi connectivity index (χ0n) is 13.0. The fraction of sp³-hybridized carbons (Fsp3) is 0.375. The molecule has 116 valence electrons. The first-order chi connectivity index (χ1) is 10.6. The zero-order chi connectivity index (χ0) is 15.5. The summed E-state index contributed by atoms with van der Waals surface area (Å²) in [6.07, 6.45) is 1.82. The summed E-state index contributed by atoms with van der Waals surface area (Å²) in [6, 6.07) is 8.04. The average Bonchev–Trinajstić information content (AvgIpc) is 2.90. The molecule has 3 rings (SSSR count). The number of carbonyl (C=O) groups excluding carboxylic acids is 1. The summed E-state index contributed by atoms with van der Waals surface area (Å²) in [4.78, 5) is 20.7. The topological polar surface area (TPSA) is 60.0 Å². The van der Waals surface area contributed by atoms with Crippen LogP contribution >= 0.6 is 0 Å². The lowest BCUT2D eigenvalue weighted by molar-refractivity contribution is -0.115. The monoisotopic (exact) mass is 299 g/mol. The molecule has 1 fully saturated rings. The van der Waals surface area contributed by atoms with E-state index in [0.29, 0.717) is 11.7 Å². The number of piperazine rings is 1. The van der Waals surface area contributed by atoms with Crippen molar-refractivity contribution >= 4 is 23.6 Å². The van der Waals surface area contributed by atoms with Gasteiger partial charge in [0.25, 0.3) is 5.91 Å². The van der Waals surface area contributed by atoms with E-state index in [1.165, 1.54) is 0 Å². The van der Waals surface area contributed by atoms with Crippen LogP contribution in [0.25, 0.3) is 6.08 Å². The third-order valence-corrected chi connectivity index (χ3v) is 3.81. The minimum atomic E-state index is -0.134. The van der Waals surface area contributed by atoms with Gasteiger partial charge in [-0.05, 0) is 23.8 Å². The predicted molar refractivity (Wildman–Crippen MR) is 88.8 cm³/mol. The van der Waals surface area contributed by atoms with E-state index in [-0.39, 0.29) is 5.91 Å². The number of guanidine groups is 1. The van der Waals surface area contributed by atoms with Crippen LogP contribution in [0.3, 0.4) is 0 Å². The lowest BCUT2D eigenvalue weighted by Crippen LogP contribution is -2.50. The Labute approximate surface area is 130 Å². The first-order valence-corrected chi connectivity index (χ1v) is 7.48. The first kappa shape index (κ1) is 14.6. The molecule has 0 aromatic heterocycles. The molecule has 0 aliphatic carbocycles. The SMILES string of the molecule is CN(C)c1ccc(/C=C2\N=C(N3CCNCC3)NC2=O)cc1. The molecule has 1 aromatic rings. The Morgan fingerprint density at radius 1 is 1.18 bits per heavy atom. The number of benzene rings is 1. The van der Waals surface area contributed by atoms with E-state index >= 15 is 0 Å². The molecule has 6 heteroatoms. The van der Waals surface area contributed by atoms with Crippen LogP contribution in [0.1, 0.15) is 5.56 Å². The van der Waals surface area contributed by atoms with E-state index in [9.17, 15) is 4.79 Å². The molecule has 0 bridgehead atoms. The van der Waals surface area contributed by atoms with Crippen molar-refractivity contribution in [3.05, 3.63) is 35.5 Å². The smallest absolute Gasteiger partial charge is 0.276 e. The number of anilines is 1. The molecule has 0 radical (unpaired) electrons. The van der Waals surface area contributed by atoms with Gasteiger partial charge >= 0.3 is 0 Å². The normalized spacial score (nSPS) is 20.1. The summed E-state index contributed by atoms with van der Waals surface area (Å²) in [5.74, 6) is 0.535. The number of hydrogen-bond acceptors (Lipinski definition) is 5. The molecule has 0 atom stereocenters. The number of hydrogen-bond donors (Lipinski definition) is 2. The van der Waals surface area contributed by atoms with Crippen molar-refractivity contribution in [2.75, 3.05) is 45.2 Å². The van der Waals surface area contributed by atoms with Crippen LogP contribution in [0.5, 0.6) is 0 Å². The molecule has 1 amide bonds. The quantitative estimate of drug-likeness (QED) is 0.780. The molecule has 0 unspecified atom stereocenters. The largest absolute Gasteiger partial charge is 0.378 e. The molecule has 1 saturated heterocycles. The number of nitrogens with one attached hydrogen (secondary N) is 2. The summed E-state index contributed by atoms with van der Waals surface area (Å²) in [7, 11) is 4.00. The second-order valence-corrected chi connectivity index (χ2v) is 5.64. The Balaban J connectivity index is 1.77. The van der Waals surface area contributed by atoms with E-state index in [0.717, 1.165) is 37.4 Å². The van der Waals surface area contributed by atoms with Gasteiger partial charge in [-0.25, -0.2) is 4.99 Å². The second kappa shape index (κ2) is 6.19. The van der Waals surface area contributed by atoms with E-state index < -0.39 is 0 Å². The zero-order valence-corrected chi connectivity index (χ0v) is 13.0. The Morgan fingerprint density at radius 3 is 2.50 bits per heavy atom. The van der Waals surface area contributed by atoms with Gasteiger partial charge in [0.15, 0.2) is 0 Å². The summed E-state index contributed by atoms with van der Waals surface area (Å²) in [6.45, 7) is 3.56. The second-order valence-electron chi connectivity index (χ2n) is 5.64. The highest BCUT2D eigenvalue weighted by Gasteiger charge is 2.25. The highest BCUT2D eigenvalue weighted by molar-refractivity contribution is 6.13. The highest BCUT2D eigenvalue weighted by Crippen LogP contribution is 2.17. The van der Waals surface area contributed by atoms with Crippen LogP contribution in [0.15, 0.2) is 35.0 Å². The number of nitrogens with zero attached hydrogens (tertiary/aromatic N) is 3. The van der Waals surface area contributed by atoms with E-state index in [1.807, 2.05) is 49.3 Å². The molecular formula is C16H21N5O. The van der Waals surface area contributed by atoms with Crippen molar-refractivity contribution in [1.29, 1.82) is 0 Å². The molecule has 6 nitrogen and oxygen atoms in total. The van der Waals surface area contributed by atoms with E-state index in [1.54, 1.807) is 0 Å². The molecule has 0 saturated carbocycles. The van der Waals surface area contributed by atoms with Gasteiger partial charge in [-0.15, -0.1) is 0 Å². The average molecular weight is 299 g/mol. The molecule has 2 aliphatic rings. The summed E-state index contributed by atoms with van der Waals surface area (Å²) in [5, 5.41) is 6.14. The predicted octanol–water partition coefficient (Wildman–Crippen LogP) is 0.485.